The van der Waals surface area contributed by atoms with Gasteiger partial charge in [-0.2, -0.15) is 0 Å². The third-order valence-corrected chi connectivity index (χ3v) is 4.63. The van der Waals surface area contributed by atoms with Crippen LogP contribution in [-0.2, 0) is 18.9 Å². The van der Waals surface area contributed by atoms with Crippen LogP contribution >= 0.6 is 0 Å². The van der Waals surface area contributed by atoms with Gasteiger partial charge < -0.3 is 38.5 Å². The molecule has 31 heavy (non-hydrogen) atoms. The molecule has 1 aliphatic heterocycles. The van der Waals surface area contributed by atoms with Gasteiger partial charge in [0.25, 0.3) is 0 Å². The molecule has 1 heterocycles. The lowest BCUT2D eigenvalue weighted by Gasteiger charge is -2.36. The van der Waals surface area contributed by atoms with Crippen molar-refractivity contribution in [2.24, 2.45) is 0 Å². The lowest BCUT2D eigenvalue weighted by Crippen LogP contribution is -2.35. The van der Waals surface area contributed by atoms with Crippen molar-refractivity contribution in [2.75, 3.05) is 88.1 Å². The van der Waals surface area contributed by atoms with Crippen molar-refractivity contribution in [3.63, 3.8) is 0 Å². The molecule has 8 heteroatoms. The normalized spacial score (nSPS) is 13.9. The van der Waals surface area contributed by atoms with E-state index in [1.807, 2.05) is 14.1 Å². The fourth-order valence-electron chi connectivity index (χ4n) is 2.94. The maximum absolute atomic E-state index is 5.72. The van der Waals surface area contributed by atoms with Gasteiger partial charge in [-0.3, -0.25) is 0 Å². The molecule has 0 saturated carbocycles. The first-order chi connectivity index (χ1) is 15.1. The number of rotatable bonds is 19. The minimum atomic E-state index is 0.647. The Morgan fingerprint density at radius 3 is 2.26 bits per heavy atom. The van der Waals surface area contributed by atoms with Crippen molar-refractivity contribution in [3.8, 4) is 0 Å². The smallest absolute Gasteiger partial charge is 0.129 e. The second-order valence-electron chi connectivity index (χ2n) is 7.72. The topological polar surface area (TPSA) is 49.9 Å². The van der Waals surface area contributed by atoms with Gasteiger partial charge in [-0.1, -0.05) is 0 Å². The van der Waals surface area contributed by atoms with Crippen LogP contribution in [0.4, 0.5) is 0 Å². The molecule has 0 saturated heterocycles. The van der Waals surface area contributed by atoms with Crippen molar-refractivity contribution in [1.29, 1.82) is 0 Å². The highest BCUT2D eigenvalue weighted by Gasteiger charge is 2.17. The fourth-order valence-corrected chi connectivity index (χ4v) is 2.94. The lowest BCUT2D eigenvalue weighted by atomic mass is 10.3. The van der Waals surface area contributed by atoms with Crippen LogP contribution in [0.15, 0.2) is 36.8 Å². The predicted molar refractivity (Wildman–Crippen MR) is 125 cm³/mol. The largest absolute Gasteiger partial charge is 0.385 e. The van der Waals surface area contributed by atoms with E-state index in [-0.39, 0.29) is 0 Å². The molecule has 1 rings (SSSR count). The summed E-state index contributed by atoms with van der Waals surface area (Å²) in [5, 5.41) is 0. The molecule has 0 bridgehead atoms. The van der Waals surface area contributed by atoms with Gasteiger partial charge in [0, 0.05) is 106 Å². The third kappa shape index (κ3) is 13.3. The fraction of sp³-hybridized carbons (Fsp3) is 0.739. The molecule has 0 atom stereocenters. The maximum Gasteiger partial charge on any atom is 0.129 e. The minimum Gasteiger partial charge on any atom is -0.385 e. The number of hydrogen-bond donors (Lipinski definition) is 0. The molecule has 0 fully saturated rings. The number of ether oxygens (including phenoxy) is 4. The average molecular weight is 441 g/mol. The Morgan fingerprint density at radius 1 is 0.806 bits per heavy atom. The number of nitrogens with zero attached hydrogens (tertiary/aromatic N) is 4. The summed E-state index contributed by atoms with van der Waals surface area (Å²) >= 11 is 0. The van der Waals surface area contributed by atoms with E-state index in [1.54, 1.807) is 14.2 Å². The van der Waals surface area contributed by atoms with E-state index in [9.17, 15) is 0 Å². The zero-order chi connectivity index (χ0) is 22.7. The van der Waals surface area contributed by atoms with E-state index in [1.165, 1.54) is 5.82 Å². The zero-order valence-corrected chi connectivity index (χ0v) is 20.3. The first-order valence-electron chi connectivity index (χ1n) is 11.2. The molecule has 0 aromatic rings. The number of methoxy groups -OCH3 is 2. The molecule has 8 nitrogen and oxygen atoms in total. The van der Waals surface area contributed by atoms with Crippen LogP contribution in [0.3, 0.4) is 0 Å². The first kappa shape index (κ1) is 27.3. The highest BCUT2D eigenvalue weighted by molar-refractivity contribution is 5.13. The average Bonchev–Trinajstić information content (AvgIpc) is 2.75. The van der Waals surface area contributed by atoms with Crippen molar-refractivity contribution in [3.05, 3.63) is 36.8 Å². The van der Waals surface area contributed by atoms with Crippen LogP contribution in [0.1, 0.15) is 25.7 Å². The summed E-state index contributed by atoms with van der Waals surface area (Å²) in [6, 6.07) is 0. The lowest BCUT2D eigenvalue weighted by molar-refractivity contribution is 0.0681. The quantitative estimate of drug-likeness (QED) is 0.284. The van der Waals surface area contributed by atoms with Gasteiger partial charge in [0.2, 0.25) is 0 Å². The highest BCUT2D eigenvalue weighted by atomic mass is 16.5. The molecular formula is C23H44N4O4. The van der Waals surface area contributed by atoms with Crippen LogP contribution < -0.4 is 0 Å². The van der Waals surface area contributed by atoms with Gasteiger partial charge in [-0.15, -0.1) is 0 Å². The summed E-state index contributed by atoms with van der Waals surface area (Å²) in [6.07, 6.45) is 14.6. The van der Waals surface area contributed by atoms with Gasteiger partial charge in [0.1, 0.15) is 5.82 Å². The van der Waals surface area contributed by atoms with Crippen LogP contribution in [0, 0.1) is 0 Å². The Labute approximate surface area is 189 Å². The van der Waals surface area contributed by atoms with Crippen LogP contribution in [0.2, 0.25) is 0 Å². The van der Waals surface area contributed by atoms with Gasteiger partial charge in [0.05, 0.1) is 13.2 Å². The summed E-state index contributed by atoms with van der Waals surface area (Å²) in [4.78, 5) is 8.77. The minimum absolute atomic E-state index is 0.647. The Morgan fingerprint density at radius 2 is 1.52 bits per heavy atom. The van der Waals surface area contributed by atoms with Gasteiger partial charge in [-0.05, 0) is 25.7 Å². The van der Waals surface area contributed by atoms with Crippen molar-refractivity contribution >= 4 is 0 Å². The molecule has 0 spiro atoms. The number of unbranched alkanes of at least 4 members (excludes halogenated alkanes) is 1. The second-order valence-corrected chi connectivity index (χ2v) is 7.72. The van der Waals surface area contributed by atoms with E-state index in [0.29, 0.717) is 13.2 Å². The second kappa shape index (κ2) is 17.9. The van der Waals surface area contributed by atoms with E-state index in [4.69, 9.17) is 18.9 Å². The number of hydrogen-bond acceptors (Lipinski definition) is 8. The molecule has 0 N–H and O–H groups in total. The summed E-state index contributed by atoms with van der Waals surface area (Å²) in [7, 11) is 9.56. The molecule has 180 valence electrons. The molecule has 0 amide bonds. The van der Waals surface area contributed by atoms with Crippen molar-refractivity contribution < 1.29 is 18.9 Å². The Balaban J connectivity index is 2.57. The molecule has 1 aliphatic rings. The van der Waals surface area contributed by atoms with Crippen molar-refractivity contribution in [1.82, 2.24) is 19.6 Å². The molecule has 0 aromatic carbocycles. The molecule has 0 aromatic heterocycles. The van der Waals surface area contributed by atoms with Crippen molar-refractivity contribution in [2.45, 2.75) is 25.7 Å². The van der Waals surface area contributed by atoms with E-state index in [2.05, 4.69) is 57.6 Å². The monoisotopic (exact) mass is 440 g/mol. The molecule has 0 radical (unpaired) electrons. The van der Waals surface area contributed by atoms with E-state index < -0.39 is 0 Å². The van der Waals surface area contributed by atoms with Crippen LogP contribution in [0.25, 0.3) is 0 Å². The first-order valence-corrected chi connectivity index (χ1v) is 11.2. The summed E-state index contributed by atoms with van der Waals surface area (Å²) in [5.74, 6) is 1.17. The molecular weight excluding hydrogens is 396 g/mol. The van der Waals surface area contributed by atoms with Crippen LogP contribution in [-0.4, -0.2) is 108 Å². The Kier molecular flexibility index (Phi) is 15.8. The van der Waals surface area contributed by atoms with Gasteiger partial charge >= 0.3 is 0 Å². The summed E-state index contributed by atoms with van der Waals surface area (Å²) < 4.78 is 21.4. The third-order valence-electron chi connectivity index (χ3n) is 4.63. The van der Waals surface area contributed by atoms with Gasteiger partial charge in [-0.25, -0.2) is 0 Å². The summed E-state index contributed by atoms with van der Waals surface area (Å²) in [6.45, 7) is 6.15. The standard InChI is InChI=1S/C23H44N4O4/c1-24(2)12-14-26(10-6-7-17-31-21-20-29-5)23-22-25(3)13-15-27(23)11-8-18-30-19-9-16-28-4/h12-15,22H,6-11,16-21H2,1-5H3/b14-12-. The maximum atomic E-state index is 5.72. The molecule has 0 unspecified atom stereocenters. The zero-order valence-electron chi connectivity index (χ0n) is 20.3. The predicted octanol–water partition coefficient (Wildman–Crippen LogP) is 2.73. The Bertz CT molecular complexity index is 526. The summed E-state index contributed by atoms with van der Waals surface area (Å²) in [5.41, 5.74) is 0. The SMILES string of the molecule is COCCCOCCCN1C=CN(C)C=C1N(/C=C\N(C)C)CCCCOCCOC. The highest BCUT2D eigenvalue weighted by Crippen LogP contribution is 2.19. The Hall–Kier alpha value is -1.74. The van der Waals surface area contributed by atoms with E-state index in [0.717, 1.165) is 65.2 Å². The molecule has 0 aliphatic carbocycles. The van der Waals surface area contributed by atoms with Crippen LogP contribution in [0.5, 0.6) is 0 Å². The van der Waals surface area contributed by atoms with E-state index >= 15 is 0 Å². The van der Waals surface area contributed by atoms with Gasteiger partial charge in [0.15, 0.2) is 0 Å².